The number of benzene rings is 10. The van der Waals surface area contributed by atoms with Crippen molar-refractivity contribution < 1.29 is 0 Å². The van der Waals surface area contributed by atoms with Gasteiger partial charge in [-0.1, -0.05) is 182 Å². The van der Waals surface area contributed by atoms with E-state index in [9.17, 15) is 0 Å². The second kappa shape index (κ2) is 14.4. The Kier molecular flexibility index (Phi) is 8.42. The topological polar surface area (TPSA) is 3.24 Å². The summed E-state index contributed by atoms with van der Waals surface area (Å²) in [5.74, 6) is 0. The van der Waals surface area contributed by atoms with Gasteiger partial charge in [0.1, 0.15) is 0 Å². The first-order valence-electron chi connectivity index (χ1n) is 19.8. The van der Waals surface area contributed by atoms with Crippen molar-refractivity contribution in [2.24, 2.45) is 0 Å². The van der Waals surface area contributed by atoms with Gasteiger partial charge < -0.3 is 4.90 Å². The van der Waals surface area contributed by atoms with Crippen molar-refractivity contribution >= 4 is 70.1 Å². The molecule has 0 N–H and O–H groups in total. The van der Waals surface area contributed by atoms with Crippen LogP contribution in [0.15, 0.2) is 224 Å². The second-order valence-corrected chi connectivity index (χ2v) is 16.0. The summed E-state index contributed by atoms with van der Waals surface area (Å²) in [6.45, 7) is 0. The van der Waals surface area contributed by atoms with Gasteiger partial charge in [-0.2, -0.15) is 0 Å². The quantitative estimate of drug-likeness (QED) is 0.157. The minimum atomic E-state index is 1.11. The number of hydrogen-bond acceptors (Lipinski definition) is 2. The van der Waals surface area contributed by atoms with Crippen molar-refractivity contribution in [3.8, 4) is 44.5 Å². The molecule has 0 aliphatic heterocycles. The molecule has 58 heavy (non-hydrogen) atoms. The minimum Gasteiger partial charge on any atom is -0.310 e. The van der Waals surface area contributed by atoms with Gasteiger partial charge in [-0.3, -0.25) is 0 Å². The lowest BCUT2D eigenvalue weighted by atomic mass is 9.94. The van der Waals surface area contributed by atoms with Crippen molar-refractivity contribution in [3.05, 3.63) is 224 Å². The Balaban J connectivity index is 1.04. The van der Waals surface area contributed by atoms with E-state index in [0.29, 0.717) is 0 Å². The van der Waals surface area contributed by atoms with Crippen LogP contribution in [-0.2, 0) is 0 Å². The van der Waals surface area contributed by atoms with Gasteiger partial charge in [0, 0.05) is 36.9 Å². The van der Waals surface area contributed by atoms with Gasteiger partial charge in [-0.05, 0) is 103 Å². The van der Waals surface area contributed by atoms with E-state index >= 15 is 0 Å². The highest BCUT2D eigenvalue weighted by Crippen LogP contribution is 2.45. The lowest BCUT2D eigenvalue weighted by Gasteiger charge is -2.28. The molecule has 0 radical (unpaired) electrons. The zero-order valence-corrected chi connectivity index (χ0v) is 32.5. The van der Waals surface area contributed by atoms with Crippen LogP contribution in [0.3, 0.4) is 0 Å². The monoisotopic (exact) mass is 755 g/mol. The molecule has 11 aromatic rings. The molecule has 0 atom stereocenters. The molecule has 0 aliphatic carbocycles. The van der Waals surface area contributed by atoms with Crippen molar-refractivity contribution in [3.63, 3.8) is 0 Å². The maximum absolute atomic E-state index is 2.42. The molecular weight excluding hydrogens is 719 g/mol. The van der Waals surface area contributed by atoms with Gasteiger partial charge in [-0.15, -0.1) is 11.3 Å². The number of fused-ring (bicyclic) bond motifs is 5. The van der Waals surface area contributed by atoms with Gasteiger partial charge in [0.25, 0.3) is 0 Å². The highest BCUT2D eigenvalue weighted by atomic mass is 32.1. The van der Waals surface area contributed by atoms with E-state index in [1.807, 2.05) is 11.3 Å². The molecule has 2 heteroatoms. The number of anilines is 3. The third kappa shape index (κ3) is 6.03. The smallest absolute Gasteiger partial charge is 0.0540 e. The third-order valence-corrected chi connectivity index (χ3v) is 12.7. The van der Waals surface area contributed by atoms with Crippen LogP contribution < -0.4 is 4.90 Å². The van der Waals surface area contributed by atoms with E-state index < -0.39 is 0 Å². The predicted molar refractivity (Wildman–Crippen MR) is 251 cm³/mol. The summed E-state index contributed by atoms with van der Waals surface area (Å²) in [5, 5.41) is 7.62. The maximum atomic E-state index is 2.42. The summed E-state index contributed by atoms with van der Waals surface area (Å²) in [4.78, 5) is 2.42. The normalized spacial score (nSPS) is 11.4. The Morgan fingerprint density at radius 3 is 1.60 bits per heavy atom. The van der Waals surface area contributed by atoms with Crippen molar-refractivity contribution in [1.29, 1.82) is 0 Å². The average molecular weight is 756 g/mol. The molecular formula is C56H37NS. The molecule has 10 aromatic carbocycles. The highest BCUT2D eigenvalue weighted by Gasteiger charge is 2.19. The summed E-state index contributed by atoms with van der Waals surface area (Å²) in [5.41, 5.74) is 13.1. The van der Waals surface area contributed by atoms with Crippen molar-refractivity contribution in [2.45, 2.75) is 0 Å². The Labute approximate surface area is 342 Å². The van der Waals surface area contributed by atoms with E-state index in [1.165, 1.54) is 86.2 Å². The number of rotatable bonds is 7. The minimum absolute atomic E-state index is 1.11. The fourth-order valence-corrected chi connectivity index (χ4v) is 9.85. The average Bonchev–Trinajstić information content (AvgIpc) is 3.67. The summed E-state index contributed by atoms with van der Waals surface area (Å²) < 4.78 is 2.65. The van der Waals surface area contributed by atoms with Crippen molar-refractivity contribution in [2.75, 3.05) is 4.90 Å². The predicted octanol–water partition coefficient (Wildman–Crippen LogP) is 16.5. The fraction of sp³-hybridized carbons (Fsp3) is 0. The van der Waals surface area contributed by atoms with E-state index in [4.69, 9.17) is 0 Å². The SMILES string of the molecule is c1ccc(-c2ccc(-c3ccc(N(c4ccc(-c5cccc6c5sc5cc7ccccc7cc56)cc4)c4cccc(-c5ccccc5)c4)c4ccccc34)cc2)cc1. The Bertz CT molecular complexity index is 3250. The Morgan fingerprint density at radius 1 is 0.293 bits per heavy atom. The maximum Gasteiger partial charge on any atom is 0.0540 e. The van der Waals surface area contributed by atoms with Crippen molar-refractivity contribution in [1.82, 2.24) is 0 Å². The number of nitrogens with zero attached hydrogens (tertiary/aromatic N) is 1. The molecule has 11 rings (SSSR count). The van der Waals surface area contributed by atoms with Crippen LogP contribution in [0.25, 0.3) is 86.2 Å². The molecule has 1 aromatic heterocycles. The molecule has 0 fully saturated rings. The zero-order chi connectivity index (χ0) is 38.4. The van der Waals surface area contributed by atoms with Crippen LogP contribution in [0, 0.1) is 0 Å². The molecule has 1 nitrogen and oxygen atoms in total. The standard InChI is InChI=1S/C56H37NS/c1-3-13-38(14-4-1)40-25-27-41(28-26-40)48-33-34-54(51-22-10-9-21-50(48)51)57(47-20-11-19-43(35-47)39-15-5-2-6-16-39)46-31-29-42(30-32-46)49-23-12-24-52-53-36-44-17-7-8-18-45(44)37-55(53)58-56(49)52/h1-37H. The summed E-state index contributed by atoms with van der Waals surface area (Å²) in [7, 11) is 0. The lowest BCUT2D eigenvalue weighted by Crippen LogP contribution is -2.10. The molecule has 0 saturated heterocycles. The molecule has 272 valence electrons. The summed E-state index contributed by atoms with van der Waals surface area (Å²) in [6.07, 6.45) is 0. The van der Waals surface area contributed by atoms with Crippen LogP contribution in [-0.4, -0.2) is 0 Å². The van der Waals surface area contributed by atoms with Crippen LogP contribution in [0.5, 0.6) is 0 Å². The van der Waals surface area contributed by atoms with E-state index in [-0.39, 0.29) is 0 Å². The molecule has 1 heterocycles. The lowest BCUT2D eigenvalue weighted by molar-refractivity contribution is 1.30. The van der Waals surface area contributed by atoms with E-state index in [2.05, 4.69) is 229 Å². The summed E-state index contributed by atoms with van der Waals surface area (Å²) in [6, 6.07) is 81.8. The van der Waals surface area contributed by atoms with Crippen LogP contribution in [0.1, 0.15) is 0 Å². The first-order chi connectivity index (χ1) is 28.7. The van der Waals surface area contributed by atoms with E-state index in [0.717, 1.165) is 17.1 Å². The molecule has 0 saturated carbocycles. The van der Waals surface area contributed by atoms with Gasteiger partial charge >= 0.3 is 0 Å². The molecule has 0 spiro atoms. The van der Waals surface area contributed by atoms with E-state index in [1.54, 1.807) is 0 Å². The third-order valence-electron chi connectivity index (χ3n) is 11.5. The first-order valence-corrected chi connectivity index (χ1v) is 20.6. The van der Waals surface area contributed by atoms with Gasteiger partial charge in [-0.25, -0.2) is 0 Å². The highest BCUT2D eigenvalue weighted by molar-refractivity contribution is 7.26. The van der Waals surface area contributed by atoms with Gasteiger partial charge in [0.15, 0.2) is 0 Å². The Hall–Kier alpha value is -7.26. The zero-order valence-electron chi connectivity index (χ0n) is 31.7. The van der Waals surface area contributed by atoms with Gasteiger partial charge in [0.2, 0.25) is 0 Å². The van der Waals surface area contributed by atoms with Crippen LogP contribution in [0.2, 0.25) is 0 Å². The molecule has 0 bridgehead atoms. The van der Waals surface area contributed by atoms with Gasteiger partial charge in [0.05, 0.1) is 5.69 Å². The fourth-order valence-electron chi connectivity index (χ4n) is 8.59. The molecule has 0 aliphatic rings. The summed E-state index contributed by atoms with van der Waals surface area (Å²) >= 11 is 1.89. The molecule has 0 unspecified atom stereocenters. The Morgan fingerprint density at radius 2 is 0.845 bits per heavy atom. The number of thiophene rings is 1. The number of hydrogen-bond donors (Lipinski definition) is 0. The largest absolute Gasteiger partial charge is 0.310 e. The van der Waals surface area contributed by atoms with Crippen LogP contribution in [0.4, 0.5) is 17.1 Å². The molecule has 0 amide bonds. The second-order valence-electron chi connectivity index (χ2n) is 14.9. The first kappa shape index (κ1) is 34.0. The van der Waals surface area contributed by atoms with Crippen LogP contribution >= 0.6 is 11.3 Å².